The van der Waals surface area contributed by atoms with Gasteiger partial charge in [-0.3, -0.25) is 0 Å². The molecule has 1 saturated heterocycles. The van der Waals surface area contributed by atoms with E-state index in [-0.39, 0.29) is 0 Å². The largest absolute Gasteiger partial charge is 0.350 e. The molecule has 6 heteroatoms. The Morgan fingerprint density at radius 2 is 1.82 bits per heavy atom. The van der Waals surface area contributed by atoms with Gasteiger partial charge in [0.15, 0.2) is 5.82 Å². The molecule has 1 aliphatic rings. The molecule has 0 radical (unpaired) electrons. The van der Waals surface area contributed by atoms with E-state index in [4.69, 9.17) is 0 Å². The van der Waals surface area contributed by atoms with Gasteiger partial charge in [0.25, 0.3) is 0 Å². The van der Waals surface area contributed by atoms with Crippen molar-refractivity contribution in [2.45, 2.75) is 13.8 Å². The molecule has 1 aromatic heterocycles. The van der Waals surface area contributed by atoms with Crippen molar-refractivity contribution in [3.05, 3.63) is 35.0 Å². The molecule has 0 aliphatic carbocycles. The summed E-state index contributed by atoms with van der Waals surface area (Å²) in [5.41, 5.74) is 3.64. The highest BCUT2D eigenvalue weighted by atomic mass is 15.5. The second kappa shape index (κ2) is 5.78. The molecular weight excluding hydrogens is 276 g/mol. The van der Waals surface area contributed by atoms with Crippen LogP contribution in [0.15, 0.2) is 18.2 Å². The summed E-state index contributed by atoms with van der Waals surface area (Å²) in [6.07, 6.45) is 0. The van der Waals surface area contributed by atoms with Crippen LogP contribution in [0.25, 0.3) is 5.69 Å². The zero-order chi connectivity index (χ0) is 15.7. The van der Waals surface area contributed by atoms with Crippen LogP contribution in [0.4, 0.5) is 5.82 Å². The van der Waals surface area contributed by atoms with E-state index in [9.17, 15) is 5.26 Å². The first-order valence-corrected chi connectivity index (χ1v) is 7.47. The molecule has 0 amide bonds. The Hall–Kier alpha value is -2.39. The van der Waals surface area contributed by atoms with Crippen molar-refractivity contribution in [2.24, 2.45) is 0 Å². The zero-order valence-corrected chi connectivity index (χ0v) is 13.2. The molecule has 114 valence electrons. The predicted molar refractivity (Wildman–Crippen MR) is 85.3 cm³/mol. The maximum Gasteiger partial charge on any atom is 0.207 e. The molecule has 0 unspecified atom stereocenters. The molecule has 0 N–H and O–H groups in total. The minimum Gasteiger partial charge on any atom is -0.350 e. The summed E-state index contributed by atoms with van der Waals surface area (Å²) in [5.74, 6) is 0.691. The summed E-state index contributed by atoms with van der Waals surface area (Å²) < 4.78 is 0. The maximum absolute atomic E-state index is 9.38. The van der Waals surface area contributed by atoms with Gasteiger partial charge < -0.3 is 9.80 Å². The lowest BCUT2D eigenvalue weighted by molar-refractivity contribution is 0.312. The molecule has 2 heterocycles. The Morgan fingerprint density at radius 3 is 2.50 bits per heavy atom. The standard InChI is InChI=1S/C16H20N6/c1-12-5-4-6-15(13(12)2)22-18-14(11-17)16(19-22)21-9-7-20(3)8-10-21/h4-6H,7-10H2,1-3H3. The van der Waals surface area contributed by atoms with E-state index in [1.165, 1.54) is 5.56 Å². The van der Waals surface area contributed by atoms with Crippen LogP contribution in [0, 0.1) is 25.2 Å². The number of benzene rings is 1. The number of hydrogen-bond donors (Lipinski definition) is 0. The fourth-order valence-electron chi connectivity index (χ4n) is 2.66. The highest BCUT2D eigenvalue weighted by Gasteiger charge is 2.22. The van der Waals surface area contributed by atoms with Gasteiger partial charge in [-0.2, -0.15) is 5.26 Å². The van der Waals surface area contributed by atoms with Gasteiger partial charge in [0.2, 0.25) is 5.69 Å². The van der Waals surface area contributed by atoms with Gasteiger partial charge in [-0.15, -0.1) is 15.0 Å². The number of nitriles is 1. The Bertz CT molecular complexity index is 719. The lowest BCUT2D eigenvalue weighted by atomic mass is 10.1. The number of piperazine rings is 1. The van der Waals surface area contributed by atoms with Gasteiger partial charge in [-0.25, -0.2) is 0 Å². The number of aryl methyl sites for hydroxylation is 1. The molecule has 0 bridgehead atoms. The highest BCUT2D eigenvalue weighted by Crippen LogP contribution is 2.21. The van der Waals surface area contributed by atoms with E-state index in [1.54, 1.807) is 4.80 Å². The van der Waals surface area contributed by atoms with Crippen LogP contribution in [0.5, 0.6) is 0 Å². The molecule has 6 nitrogen and oxygen atoms in total. The van der Waals surface area contributed by atoms with E-state index >= 15 is 0 Å². The van der Waals surface area contributed by atoms with E-state index in [0.717, 1.165) is 37.4 Å². The Balaban J connectivity index is 1.98. The second-order valence-electron chi connectivity index (χ2n) is 5.78. The zero-order valence-electron chi connectivity index (χ0n) is 13.2. The lowest BCUT2D eigenvalue weighted by Gasteiger charge is -2.32. The fraction of sp³-hybridized carbons (Fsp3) is 0.438. The molecule has 0 saturated carbocycles. The maximum atomic E-state index is 9.38. The molecule has 3 rings (SSSR count). The summed E-state index contributed by atoms with van der Waals surface area (Å²) in [6.45, 7) is 7.81. The van der Waals surface area contributed by atoms with Crippen molar-refractivity contribution in [3.63, 3.8) is 0 Å². The molecule has 1 aliphatic heterocycles. The first kappa shape index (κ1) is 14.5. The van der Waals surface area contributed by atoms with Gasteiger partial charge in [0, 0.05) is 26.2 Å². The third kappa shape index (κ3) is 2.55. The van der Waals surface area contributed by atoms with Crippen molar-refractivity contribution in [2.75, 3.05) is 38.1 Å². The minimum atomic E-state index is 0.394. The van der Waals surface area contributed by atoms with Crippen LogP contribution >= 0.6 is 0 Å². The van der Waals surface area contributed by atoms with Crippen LogP contribution < -0.4 is 4.90 Å². The Morgan fingerprint density at radius 1 is 1.09 bits per heavy atom. The van der Waals surface area contributed by atoms with Crippen molar-refractivity contribution < 1.29 is 0 Å². The third-order valence-corrected chi connectivity index (χ3v) is 4.30. The Kier molecular flexibility index (Phi) is 3.82. The van der Waals surface area contributed by atoms with Gasteiger partial charge in [-0.05, 0) is 38.1 Å². The third-order valence-electron chi connectivity index (χ3n) is 4.30. The molecular formula is C16H20N6. The first-order valence-electron chi connectivity index (χ1n) is 7.47. The molecule has 1 fully saturated rings. The van der Waals surface area contributed by atoms with Gasteiger partial charge in [-0.1, -0.05) is 12.1 Å². The predicted octanol–water partition coefficient (Wildman–Crippen LogP) is 1.51. The van der Waals surface area contributed by atoms with Crippen LogP contribution in [0.2, 0.25) is 0 Å². The van der Waals surface area contributed by atoms with Crippen molar-refractivity contribution >= 4 is 5.82 Å². The smallest absolute Gasteiger partial charge is 0.207 e. The summed E-state index contributed by atoms with van der Waals surface area (Å²) >= 11 is 0. The Labute approximate surface area is 130 Å². The van der Waals surface area contributed by atoms with E-state index in [0.29, 0.717) is 11.5 Å². The summed E-state index contributed by atoms with van der Waals surface area (Å²) in [5, 5.41) is 18.4. The van der Waals surface area contributed by atoms with Crippen LogP contribution in [-0.4, -0.2) is 53.1 Å². The summed E-state index contributed by atoms with van der Waals surface area (Å²) in [4.78, 5) is 6.01. The van der Waals surface area contributed by atoms with E-state index < -0.39 is 0 Å². The molecule has 2 aromatic rings. The molecule has 0 spiro atoms. The van der Waals surface area contributed by atoms with Crippen molar-refractivity contribution in [1.29, 1.82) is 5.26 Å². The fourth-order valence-corrected chi connectivity index (χ4v) is 2.66. The monoisotopic (exact) mass is 296 g/mol. The van der Waals surface area contributed by atoms with E-state index in [2.05, 4.69) is 53.0 Å². The van der Waals surface area contributed by atoms with Gasteiger partial charge in [0.1, 0.15) is 6.07 Å². The number of anilines is 1. The minimum absolute atomic E-state index is 0.394. The quantitative estimate of drug-likeness (QED) is 0.840. The SMILES string of the molecule is Cc1cccc(-n2nc(C#N)c(N3CCN(C)CC3)n2)c1C. The van der Waals surface area contributed by atoms with Crippen LogP contribution in [0.1, 0.15) is 16.8 Å². The normalized spacial score (nSPS) is 15.8. The molecule has 1 aromatic carbocycles. The summed E-state index contributed by atoms with van der Waals surface area (Å²) in [6, 6.07) is 8.22. The second-order valence-corrected chi connectivity index (χ2v) is 5.78. The van der Waals surface area contributed by atoms with Crippen molar-refractivity contribution in [1.82, 2.24) is 19.9 Å². The van der Waals surface area contributed by atoms with E-state index in [1.807, 2.05) is 12.1 Å². The first-order chi connectivity index (χ1) is 10.6. The highest BCUT2D eigenvalue weighted by molar-refractivity contribution is 5.52. The summed E-state index contributed by atoms with van der Waals surface area (Å²) in [7, 11) is 2.11. The van der Waals surface area contributed by atoms with Gasteiger partial charge in [0.05, 0.1) is 5.69 Å². The van der Waals surface area contributed by atoms with Crippen LogP contribution in [-0.2, 0) is 0 Å². The number of likely N-dealkylation sites (N-methyl/N-ethyl adjacent to an activating group) is 1. The molecule has 22 heavy (non-hydrogen) atoms. The number of nitrogens with zero attached hydrogens (tertiary/aromatic N) is 6. The lowest BCUT2D eigenvalue weighted by Crippen LogP contribution is -2.45. The van der Waals surface area contributed by atoms with Crippen LogP contribution in [0.3, 0.4) is 0 Å². The topological polar surface area (TPSA) is 61.0 Å². The number of aromatic nitrogens is 3. The average molecular weight is 296 g/mol. The molecule has 0 atom stereocenters. The number of rotatable bonds is 2. The van der Waals surface area contributed by atoms with Crippen molar-refractivity contribution in [3.8, 4) is 11.8 Å². The van der Waals surface area contributed by atoms with Gasteiger partial charge >= 0.3 is 0 Å². The average Bonchev–Trinajstić information content (AvgIpc) is 2.95. The number of hydrogen-bond acceptors (Lipinski definition) is 5.